The number of nitro benzene ring substituents is 1. The first-order chi connectivity index (χ1) is 16.9. The van der Waals surface area contributed by atoms with Crippen molar-refractivity contribution in [2.45, 2.75) is 32.4 Å². The molecule has 0 aliphatic carbocycles. The lowest BCUT2D eigenvalue weighted by Crippen LogP contribution is -2.61. The van der Waals surface area contributed by atoms with E-state index in [-0.39, 0.29) is 34.5 Å². The molecule has 180 valence electrons. The number of nitrogens with one attached hydrogen (secondary N) is 1. The van der Waals surface area contributed by atoms with Gasteiger partial charge in [-0.1, -0.05) is 48.0 Å². The molecular weight excluding hydrogens is 440 g/mol. The molecule has 7 nitrogen and oxygen atoms in total. The van der Waals surface area contributed by atoms with Crippen LogP contribution in [0.15, 0.2) is 72.8 Å². The topological polar surface area (TPSA) is 78.7 Å². The van der Waals surface area contributed by atoms with Gasteiger partial charge in [-0.25, -0.2) is 0 Å². The predicted molar refractivity (Wildman–Crippen MR) is 138 cm³/mol. The Morgan fingerprint density at radius 1 is 1.06 bits per heavy atom. The summed E-state index contributed by atoms with van der Waals surface area (Å²) in [6.45, 7) is 6.36. The molecule has 0 unspecified atom stereocenters. The first kappa shape index (κ1) is 22.9. The van der Waals surface area contributed by atoms with E-state index in [0.29, 0.717) is 6.42 Å². The van der Waals surface area contributed by atoms with Gasteiger partial charge in [0.05, 0.1) is 22.9 Å². The number of fused-ring (bicyclic) bond motifs is 3. The lowest BCUT2D eigenvalue weighted by atomic mass is 9.82. The minimum Gasteiger partial charge on any atom is -0.368 e. The molecule has 1 N–H and O–H groups in total. The van der Waals surface area contributed by atoms with E-state index in [0.717, 1.165) is 42.1 Å². The van der Waals surface area contributed by atoms with Gasteiger partial charge in [0.15, 0.2) is 0 Å². The summed E-state index contributed by atoms with van der Waals surface area (Å²) in [4.78, 5) is 29.3. The van der Waals surface area contributed by atoms with Gasteiger partial charge in [0.2, 0.25) is 5.91 Å². The Morgan fingerprint density at radius 2 is 1.80 bits per heavy atom. The fourth-order valence-corrected chi connectivity index (χ4v) is 5.36. The summed E-state index contributed by atoms with van der Waals surface area (Å²) < 4.78 is 0. The lowest BCUT2D eigenvalue weighted by Gasteiger charge is -2.49. The van der Waals surface area contributed by atoms with Gasteiger partial charge in [0.1, 0.15) is 0 Å². The van der Waals surface area contributed by atoms with E-state index in [1.807, 2.05) is 43.3 Å². The van der Waals surface area contributed by atoms with Crippen molar-refractivity contribution in [1.29, 1.82) is 0 Å². The Kier molecular flexibility index (Phi) is 6.16. The van der Waals surface area contributed by atoms with Crippen molar-refractivity contribution in [2.24, 2.45) is 5.92 Å². The quantitative estimate of drug-likeness (QED) is 0.434. The van der Waals surface area contributed by atoms with E-state index >= 15 is 0 Å². The molecule has 1 saturated heterocycles. The third-order valence-electron chi connectivity index (χ3n) is 7.30. The second-order valence-corrected chi connectivity index (χ2v) is 9.56. The van der Waals surface area contributed by atoms with E-state index in [1.165, 1.54) is 5.56 Å². The van der Waals surface area contributed by atoms with Crippen LogP contribution in [0, 0.1) is 23.0 Å². The summed E-state index contributed by atoms with van der Waals surface area (Å²) in [6, 6.07) is 23.3. The Balaban J connectivity index is 1.45. The number of rotatable bonds is 5. The van der Waals surface area contributed by atoms with Crippen LogP contribution in [0.4, 0.5) is 17.1 Å². The monoisotopic (exact) mass is 470 g/mol. The Hall–Kier alpha value is -3.87. The lowest BCUT2D eigenvalue weighted by molar-refractivity contribution is -0.384. The first-order valence-electron chi connectivity index (χ1n) is 12.1. The molecule has 5 rings (SSSR count). The molecule has 0 aromatic heterocycles. The highest BCUT2D eigenvalue weighted by molar-refractivity contribution is 5.83. The summed E-state index contributed by atoms with van der Waals surface area (Å²) in [5.41, 5.74) is 5.36. The minimum absolute atomic E-state index is 0.0146. The number of aryl methyl sites for hydroxylation is 1. The molecule has 2 aliphatic rings. The Bertz CT molecular complexity index is 1230. The smallest absolute Gasteiger partial charge is 0.269 e. The summed E-state index contributed by atoms with van der Waals surface area (Å²) in [7, 11) is 0. The molecule has 0 saturated carbocycles. The maximum Gasteiger partial charge on any atom is 0.269 e. The number of benzene rings is 3. The van der Waals surface area contributed by atoms with Gasteiger partial charge in [-0.2, -0.15) is 0 Å². The van der Waals surface area contributed by atoms with Crippen LogP contribution in [0.1, 0.15) is 29.7 Å². The molecule has 0 radical (unpaired) electrons. The van der Waals surface area contributed by atoms with Crippen LogP contribution in [-0.2, 0) is 11.2 Å². The zero-order chi connectivity index (χ0) is 24.5. The van der Waals surface area contributed by atoms with Crippen molar-refractivity contribution in [1.82, 2.24) is 5.32 Å². The average Bonchev–Trinajstić information content (AvgIpc) is 2.88. The standard InChI is InChI=1S/C28H30N4O3/c1-19-8-10-23(11-9-19)30-14-15-31-26-13-12-24(32(34)35)16-22(26)17-25(27(31)18-30)28(33)29-20(2)21-6-4-3-5-7-21/h3-13,16,20,25,27H,14-15,17-18H2,1-2H3,(H,29,33)/t20-,25+,27+/m1/s1. The molecule has 35 heavy (non-hydrogen) atoms. The number of hydrogen-bond acceptors (Lipinski definition) is 5. The normalized spacial score (nSPS) is 19.9. The van der Waals surface area contributed by atoms with Crippen LogP contribution < -0.4 is 15.1 Å². The van der Waals surface area contributed by atoms with E-state index < -0.39 is 0 Å². The average molecular weight is 471 g/mol. The molecule has 7 heteroatoms. The highest BCUT2D eigenvalue weighted by Crippen LogP contribution is 2.39. The Labute approximate surface area is 205 Å². The molecular formula is C28H30N4O3. The van der Waals surface area contributed by atoms with Gasteiger partial charge in [-0.05, 0) is 49.6 Å². The van der Waals surface area contributed by atoms with Crippen LogP contribution in [0.3, 0.4) is 0 Å². The van der Waals surface area contributed by atoms with Crippen molar-refractivity contribution in [2.75, 3.05) is 29.4 Å². The number of nitro groups is 1. The fourth-order valence-electron chi connectivity index (χ4n) is 5.36. The highest BCUT2D eigenvalue weighted by atomic mass is 16.6. The maximum atomic E-state index is 13.7. The number of non-ortho nitro benzene ring substituents is 1. The number of carbonyl (C=O) groups excluding carboxylic acids is 1. The third-order valence-corrected chi connectivity index (χ3v) is 7.30. The molecule has 2 heterocycles. The van der Waals surface area contributed by atoms with Crippen LogP contribution in [0.25, 0.3) is 0 Å². The number of amides is 1. The first-order valence-corrected chi connectivity index (χ1v) is 12.1. The summed E-state index contributed by atoms with van der Waals surface area (Å²) in [5, 5.41) is 14.6. The zero-order valence-corrected chi connectivity index (χ0v) is 20.1. The van der Waals surface area contributed by atoms with Gasteiger partial charge in [-0.3, -0.25) is 14.9 Å². The van der Waals surface area contributed by atoms with E-state index in [9.17, 15) is 14.9 Å². The van der Waals surface area contributed by atoms with E-state index in [4.69, 9.17) is 0 Å². The van der Waals surface area contributed by atoms with Crippen LogP contribution >= 0.6 is 0 Å². The largest absolute Gasteiger partial charge is 0.368 e. The van der Waals surface area contributed by atoms with Crippen molar-refractivity contribution < 1.29 is 9.72 Å². The van der Waals surface area contributed by atoms with Crippen LogP contribution in [0.2, 0.25) is 0 Å². The molecule has 3 aromatic carbocycles. The van der Waals surface area contributed by atoms with Crippen molar-refractivity contribution in [3.05, 3.63) is 99.6 Å². The summed E-state index contributed by atoms with van der Waals surface area (Å²) >= 11 is 0. The SMILES string of the molecule is Cc1ccc(N2CCN3c4ccc([N+](=O)[O-])cc4C[C@H](C(=O)N[C@H](C)c4ccccc4)[C@@H]3C2)cc1. The van der Waals surface area contributed by atoms with Gasteiger partial charge >= 0.3 is 0 Å². The number of carbonyl (C=O) groups is 1. The van der Waals surface area contributed by atoms with Crippen molar-refractivity contribution in [3.8, 4) is 0 Å². The van der Waals surface area contributed by atoms with Gasteiger partial charge in [0, 0.05) is 43.1 Å². The van der Waals surface area contributed by atoms with E-state index in [1.54, 1.807) is 12.1 Å². The number of hydrogen-bond donors (Lipinski definition) is 1. The third kappa shape index (κ3) is 4.58. The van der Waals surface area contributed by atoms with Gasteiger partial charge in [0.25, 0.3) is 5.69 Å². The molecule has 1 amide bonds. The number of piperazine rings is 1. The van der Waals surface area contributed by atoms with Crippen molar-refractivity contribution >= 4 is 23.0 Å². The van der Waals surface area contributed by atoms with Gasteiger partial charge in [-0.15, -0.1) is 0 Å². The maximum absolute atomic E-state index is 13.7. The predicted octanol–water partition coefficient (Wildman–Crippen LogP) is 4.65. The molecule has 2 aliphatic heterocycles. The molecule has 3 aromatic rings. The zero-order valence-electron chi connectivity index (χ0n) is 20.1. The summed E-state index contributed by atoms with van der Waals surface area (Å²) in [6.07, 6.45) is 0.479. The van der Waals surface area contributed by atoms with Crippen LogP contribution in [0.5, 0.6) is 0 Å². The molecule has 0 spiro atoms. The van der Waals surface area contributed by atoms with E-state index in [2.05, 4.69) is 46.3 Å². The minimum atomic E-state index is -0.367. The second-order valence-electron chi connectivity index (χ2n) is 9.56. The number of anilines is 2. The summed E-state index contributed by atoms with van der Waals surface area (Å²) in [5.74, 6) is -0.330. The highest BCUT2D eigenvalue weighted by Gasteiger charge is 2.42. The number of nitrogens with zero attached hydrogens (tertiary/aromatic N) is 3. The second kappa shape index (κ2) is 9.41. The molecule has 0 bridgehead atoms. The van der Waals surface area contributed by atoms with Crippen LogP contribution in [-0.4, -0.2) is 36.5 Å². The van der Waals surface area contributed by atoms with Gasteiger partial charge < -0.3 is 15.1 Å². The molecule has 1 fully saturated rings. The molecule has 3 atom stereocenters. The fraction of sp³-hybridized carbons (Fsp3) is 0.321. The Morgan fingerprint density at radius 3 is 2.51 bits per heavy atom. The van der Waals surface area contributed by atoms with Crippen molar-refractivity contribution in [3.63, 3.8) is 0 Å².